The average molecular weight is 366 g/mol. The van der Waals surface area contributed by atoms with Gasteiger partial charge in [-0.1, -0.05) is 13.8 Å². The lowest BCUT2D eigenvalue weighted by Gasteiger charge is -2.32. The molecular formula is C22H31N5. The summed E-state index contributed by atoms with van der Waals surface area (Å²) in [5.41, 5.74) is 2.35. The molecule has 144 valence electrons. The Morgan fingerprint density at radius 2 is 1.67 bits per heavy atom. The predicted octanol–water partition coefficient (Wildman–Crippen LogP) is 4.69. The summed E-state index contributed by atoms with van der Waals surface area (Å²) in [5.74, 6) is 3.29. The maximum absolute atomic E-state index is 4.74. The van der Waals surface area contributed by atoms with Gasteiger partial charge in [-0.15, -0.1) is 0 Å². The van der Waals surface area contributed by atoms with E-state index >= 15 is 0 Å². The van der Waals surface area contributed by atoms with Gasteiger partial charge in [-0.05, 0) is 67.9 Å². The highest BCUT2D eigenvalue weighted by atomic mass is 15.2. The van der Waals surface area contributed by atoms with Crippen LogP contribution < -0.4 is 15.1 Å². The van der Waals surface area contributed by atoms with E-state index in [0.717, 1.165) is 49.5 Å². The van der Waals surface area contributed by atoms with Crippen LogP contribution in [-0.4, -0.2) is 36.1 Å². The van der Waals surface area contributed by atoms with Gasteiger partial charge in [-0.2, -0.15) is 4.98 Å². The normalized spacial score (nSPS) is 21.3. The van der Waals surface area contributed by atoms with Crippen molar-refractivity contribution in [2.45, 2.75) is 39.5 Å². The van der Waals surface area contributed by atoms with Crippen LogP contribution >= 0.6 is 0 Å². The fourth-order valence-electron chi connectivity index (χ4n) is 4.13. The molecule has 5 heteroatoms. The molecule has 1 N–H and O–H groups in total. The topological polar surface area (TPSA) is 44.3 Å². The van der Waals surface area contributed by atoms with Gasteiger partial charge < -0.3 is 15.1 Å². The number of anilines is 4. The Bertz CT molecular complexity index is 737. The summed E-state index contributed by atoms with van der Waals surface area (Å²) in [6.07, 6.45) is 6.98. The van der Waals surface area contributed by atoms with Crippen molar-refractivity contribution in [2.75, 3.05) is 41.3 Å². The summed E-state index contributed by atoms with van der Waals surface area (Å²) in [4.78, 5) is 14.0. The van der Waals surface area contributed by atoms with Crippen molar-refractivity contribution in [1.82, 2.24) is 9.97 Å². The van der Waals surface area contributed by atoms with Crippen LogP contribution in [0.25, 0.3) is 0 Å². The van der Waals surface area contributed by atoms with Gasteiger partial charge in [-0.3, -0.25) is 0 Å². The molecule has 3 heterocycles. The van der Waals surface area contributed by atoms with Crippen LogP contribution in [0.5, 0.6) is 0 Å². The maximum Gasteiger partial charge on any atom is 0.229 e. The van der Waals surface area contributed by atoms with Gasteiger partial charge >= 0.3 is 0 Å². The molecule has 0 amide bonds. The summed E-state index contributed by atoms with van der Waals surface area (Å²) < 4.78 is 0. The average Bonchev–Trinajstić information content (AvgIpc) is 2.70. The van der Waals surface area contributed by atoms with Crippen LogP contribution in [0.4, 0.5) is 23.1 Å². The molecule has 2 fully saturated rings. The molecule has 1 atom stereocenters. The minimum Gasteiger partial charge on any atom is -0.372 e. The standard InChI is InChI=1S/C22H31N5/c1-17-10-14-26(15-11-17)20-7-5-19(6-8-20)24-22-23-12-9-21(25-22)27-13-3-4-18(2)16-27/h5-9,12,17-18H,3-4,10-11,13-16H2,1-2H3,(H,23,24,25). The second-order valence-electron chi connectivity index (χ2n) is 8.27. The SMILES string of the molecule is CC1CCN(c2ccc(Nc3nccc(N4CCCC(C)C4)n3)cc2)CC1. The van der Waals surface area contributed by atoms with E-state index in [2.05, 4.69) is 58.2 Å². The Hall–Kier alpha value is -2.30. The summed E-state index contributed by atoms with van der Waals surface area (Å²) >= 11 is 0. The fraction of sp³-hybridized carbons (Fsp3) is 0.545. The second kappa shape index (κ2) is 8.15. The van der Waals surface area contributed by atoms with Crippen molar-refractivity contribution in [3.05, 3.63) is 36.5 Å². The number of hydrogen-bond donors (Lipinski definition) is 1. The van der Waals surface area contributed by atoms with E-state index in [1.165, 1.54) is 31.4 Å². The highest BCUT2D eigenvalue weighted by molar-refractivity contribution is 5.60. The van der Waals surface area contributed by atoms with E-state index < -0.39 is 0 Å². The Kier molecular flexibility index (Phi) is 5.46. The zero-order valence-electron chi connectivity index (χ0n) is 16.6. The molecule has 1 unspecified atom stereocenters. The molecule has 1 aromatic carbocycles. The molecule has 0 bridgehead atoms. The predicted molar refractivity (Wildman–Crippen MR) is 113 cm³/mol. The molecule has 5 nitrogen and oxygen atoms in total. The minimum absolute atomic E-state index is 0.672. The molecule has 0 spiro atoms. The quantitative estimate of drug-likeness (QED) is 0.851. The number of hydrogen-bond acceptors (Lipinski definition) is 5. The smallest absolute Gasteiger partial charge is 0.229 e. The van der Waals surface area contributed by atoms with Crippen LogP contribution in [0.15, 0.2) is 36.5 Å². The summed E-state index contributed by atoms with van der Waals surface area (Å²) in [5, 5.41) is 3.36. The van der Waals surface area contributed by atoms with E-state index in [1.54, 1.807) is 0 Å². The molecule has 2 saturated heterocycles. The third-order valence-corrected chi connectivity index (χ3v) is 5.89. The first-order valence-corrected chi connectivity index (χ1v) is 10.4. The summed E-state index contributed by atoms with van der Waals surface area (Å²) in [6, 6.07) is 10.7. The summed E-state index contributed by atoms with van der Waals surface area (Å²) in [6.45, 7) is 9.16. The Morgan fingerprint density at radius 1 is 0.889 bits per heavy atom. The second-order valence-corrected chi connectivity index (χ2v) is 8.27. The number of aromatic nitrogens is 2. The molecule has 2 aliphatic rings. The molecular weight excluding hydrogens is 334 g/mol. The van der Waals surface area contributed by atoms with Crippen molar-refractivity contribution in [2.24, 2.45) is 11.8 Å². The molecule has 2 aromatic rings. The van der Waals surface area contributed by atoms with E-state index in [9.17, 15) is 0 Å². The van der Waals surface area contributed by atoms with Crippen LogP contribution in [-0.2, 0) is 0 Å². The number of piperidine rings is 2. The Morgan fingerprint density at radius 3 is 2.41 bits per heavy atom. The van der Waals surface area contributed by atoms with Gasteiger partial charge in [-0.25, -0.2) is 4.98 Å². The molecule has 0 saturated carbocycles. The van der Waals surface area contributed by atoms with Crippen molar-refractivity contribution in [3.63, 3.8) is 0 Å². The highest BCUT2D eigenvalue weighted by Gasteiger charge is 2.18. The molecule has 0 aliphatic carbocycles. The molecule has 2 aliphatic heterocycles. The van der Waals surface area contributed by atoms with Gasteiger partial charge in [0.2, 0.25) is 5.95 Å². The van der Waals surface area contributed by atoms with E-state index in [0.29, 0.717) is 5.95 Å². The van der Waals surface area contributed by atoms with Gasteiger partial charge in [0.05, 0.1) is 0 Å². The maximum atomic E-state index is 4.74. The van der Waals surface area contributed by atoms with E-state index in [4.69, 9.17) is 4.98 Å². The molecule has 4 rings (SSSR count). The number of nitrogens with one attached hydrogen (secondary N) is 1. The Labute approximate surface area is 162 Å². The van der Waals surface area contributed by atoms with Crippen LogP contribution in [0.2, 0.25) is 0 Å². The lowest BCUT2D eigenvalue weighted by atomic mass is 9.99. The molecule has 1 aromatic heterocycles. The van der Waals surface area contributed by atoms with E-state index in [-0.39, 0.29) is 0 Å². The minimum atomic E-state index is 0.672. The van der Waals surface area contributed by atoms with Gasteiger partial charge in [0.25, 0.3) is 0 Å². The molecule has 27 heavy (non-hydrogen) atoms. The van der Waals surface area contributed by atoms with Gasteiger partial charge in [0.1, 0.15) is 5.82 Å². The van der Waals surface area contributed by atoms with Gasteiger partial charge in [0, 0.05) is 43.8 Å². The monoisotopic (exact) mass is 365 g/mol. The highest BCUT2D eigenvalue weighted by Crippen LogP contribution is 2.26. The zero-order chi connectivity index (χ0) is 18.6. The lowest BCUT2D eigenvalue weighted by molar-refractivity contribution is 0.438. The number of nitrogens with zero attached hydrogens (tertiary/aromatic N) is 4. The zero-order valence-corrected chi connectivity index (χ0v) is 16.6. The first kappa shape index (κ1) is 18.1. The van der Waals surface area contributed by atoms with Crippen molar-refractivity contribution in [1.29, 1.82) is 0 Å². The van der Waals surface area contributed by atoms with Crippen molar-refractivity contribution < 1.29 is 0 Å². The van der Waals surface area contributed by atoms with Crippen LogP contribution in [0.1, 0.15) is 39.5 Å². The summed E-state index contributed by atoms with van der Waals surface area (Å²) in [7, 11) is 0. The number of rotatable bonds is 4. The van der Waals surface area contributed by atoms with Gasteiger partial charge in [0.15, 0.2) is 0 Å². The first-order valence-electron chi connectivity index (χ1n) is 10.4. The number of benzene rings is 1. The molecule has 0 radical (unpaired) electrons. The van der Waals surface area contributed by atoms with Crippen molar-refractivity contribution >= 4 is 23.1 Å². The lowest BCUT2D eigenvalue weighted by Crippen LogP contribution is -2.34. The van der Waals surface area contributed by atoms with E-state index in [1.807, 2.05) is 12.3 Å². The van der Waals surface area contributed by atoms with Crippen molar-refractivity contribution in [3.8, 4) is 0 Å². The van der Waals surface area contributed by atoms with Crippen LogP contribution in [0.3, 0.4) is 0 Å². The first-order chi connectivity index (χ1) is 13.2. The largest absolute Gasteiger partial charge is 0.372 e. The Balaban J connectivity index is 1.41. The van der Waals surface area contributed by atoms with Crippen LogP contribution in [0, 0.1) is 11.8 Å². The third kappa shape index (κ3) is 4.52. The fourth-order valence-corrected chi connectivity index (χ4v) is 4.13. The third-order valence-electron chi connectivity index (χ3n) is 5.89.